The van der Waals surface area contributed by atoms with Gasteiger partial charge in [0.05, 0.1) is 12.7 Å². The van der Waals surface area contributed by atoms with Crippen LogP contribution in [0.1, 0.15) is 42.6 Å². The average Bonchev–Trinajstić information content (AvgIpc) is 2.92. The van der Waals surface area contributed by atoms with Crippen LogP contribution in [0.2, 0.25) is 5.02 Å². The molecule has 0 spiro atoms. The lowest BCUT2D eigenvalue weighted by atomic mass is 10.0. The van der Waals surface area contributed by atoms with E-state index in [1.807, 2.05) is 24.3 Å². The van der Waals surface area contributed by atoms with Gasteiger partial charge in [0.25, 0.3) is 0 Å². The number of fused-ring (bicyclic) bond motifs is 1. The van der Waals surface area contributed by atoms with Crippen LogP contribution in [0.5, 0.6) is 5.75 Å². The van der Waals surface area contributed by atoms with Gasteiger partial charge in [-0.3, -0.25) is 0 Å². The van der Waals surface area contributed by atoms with Crippen molar-refractivity contribution >= 4 is 30.0 Å². The summed E-state index contributed by atoms with van der Waals surface area (Å²) in [5.41, 5.74) is 3.35. The molecule has 0 aliphatic heterocycles. The highest BCUT2D eigenvalue weighted by atomic mass is 35.5. The molecule has 5 nitrogen and oxygen atoms in total. The molecule has 3 rings (SSSR count). The highest BCUT2D eigenvalue weighted by molar-refractivity contribution is 6.30. The van der Waals surface area contributed by atoms with Gasteiger partial charge < -0.3 is 19.9 Å². The van der Waals surface area contributed by atoms with Crippen LogP contribution in [-0.4, -0.2) is 36.9 Å². The molecule has 30 heavy (non-hydrogen) atoms. The van der Waals surface area contributed by atoms with Crippen LogP contribution in [0.15, 0.2) is 42.5 Å². The molecule has 1 aliphatic carbocycles. The molecule has 0 heterocycles. The fourth-order valence-electron chi connectivity index (χ4n) is 3.66. The molecular weight excluding hydrogens is 425 g/mol. The maximum atomic E-state index is 11.5. The molecule has 1 aliphatic rings. The van der Waals surface area contributed by atoms with Crippen molar-refractivity contribution < 1.29 is 19.4 Å². The first kappa shape index (κ1) is 24.5. The Hall–Kier alpha value is -1.79. The van der Waals surface area contributed by atoms with Crippen molar-refractivity contribution in [1.82, 2.24) is 5.32 Å². The zero-order chi connectivity index (χ0) is 20.6. The molecule has 0 saturated heterocycles. The quantitative estimate of drug-likeness (QED) is 0.461. The third-order valence-electron chi connectivity index (χ3n) is 5.14. The monoisotopic (exact) mass is 453 g/mol. The molecule has 7 heteroatoms. The number of esters is 1. The average molecular weight is 454 g/mol. The third kappa shape index (κ3) is 7.17. The van der Waals surface area contributed by atoms with E-state index in [-0.39, 0.29) is 31.0 Å². The second-order valence-electron chi connectivity index (χ2n) is 7.30. The zero-order valence-electron chi connectivity index (χ0n) is 17.1. The van der Waals surface area contributed by atoms with E-state index in [1.165, 1.54) is 11.1 Å². The van der Waals surface area contributed by atoms with Crippen LogP contribution in [0, 0.1) is 0 Å². The molecule has 2 aromatic rings. The number of carbonyl (C=O) groups excluding carboxylic acids is 1. The molecule has 2 atom stereocenters. The number of carbonyl (C=O) groups is 1. The summed E-state index contributed by atoms with van der Waals surface area (Å²) in [6.07, 6.45) is 3.39. The van der Waals surface area contributed by atoms with Gasteiger partial charge in [-0.2, -0.15) is 0 Å². The molecule has 0 fully saturated rings. The lowest BCUT2D eigenvalue weighted by molar-refractivity contribution is -0.145. The topological polar surface area (TPSA) is 67.8 Å². The summed E-state index contributed by atoms with van der Waals surface area (Å²) in [6.45, 7) is 2.51. The largest absolute Gasteiger partial charge is 0.482 e. The van der Waals surface area contributed by atoms with Gasteiger partial charge in [0.2, 0.25) is 0 Å². The minimum atomic E-state index is -0.601. The highest BCUT2D eigenvalue weighted by Gasteiger charge is 2.19. The summed E-state index contributed by atoms with van der Waals surface area (Å²) in [4.78, 5) is 11.5. The Balaban J connectivity index is 0.00000320. The summed E-state index contributed by atoms with van der Waals surface area (Å²) in [5, 5.41) is 14.6. The fourth-order valence-corrected chi connectivity index (χ4v) is 3.86. The Kier molecular flexibility index (Phi) is 9.92. The van der Waals surface area contributed by atoms with Crippen molar-refractivity contribution in [1.29, 1.82) is 0 Å². The first-order valence-corrected chi connectivity index (χ1v) is 10.5. The van der Waals surface area contributed by atoms with E-state index in [0.717, 1.165) is 31.2 Å². The SMILES string of the molecule is CCOC(=O)COc1ccc2c(c1)CC(NCC(O)c1cccc(Cl)c1)CCC2.Cl. The fraction of sp³-hybridized carbons (Fsp3) is 0.435. The van der Waals surface area contributed by atoms with Crippen LogP contribution in [0.3, 0.4) is 0 Å². The van der Waals surface area contributed by atoms with Gasteiger partial charge in [0, 0.05) is 17.6 Å². The van der Waals surface area contributed by atoms with E-state index in [2.05, 4.69) is 11.4 Å². The standard InChI is InChI=1S/C23H28ClNO4.ClH/c1-2-28-23(27)15-29-21-10-9-16-5-4-8-20(12-18(16)13-21)25-14-22(26)17-6-3-7-19(24)11-17;/h3,6-7,9-11,13,20,22,25-26H,2,4-5,8,12,14-15H2,1H3;1H. The number of nitrogens with one attached hydrogen (secondary N) is 1. The number of aryl methyl sites for hydroxylation is 1. The van der Waals surface area contributed by atoms with Gasteiger partial charge in [-0.25, -0.2) is 4.79 Å². The second-order valence-corrected chi connectivity index (χ2v) is 7.73. The molecule has 0 bridgehead atoms. The third-order valence-corrected chi connectivity index (χ3v) is 5.37. The molecule has 2 N–H and O–H groups in total. The maximum absolute atomic E-state index is 11.5. The summed E-state index contributed by atoms with van der Waals surface area (Å²) in [5.74, 6) is 0.313. The number of halogens is 2. The Morgan fingerprint density at radius 3 is 2.87 bits per heavy atom. The van der Waals surface area contributed by atoms with Crippen LogP contribution >= 0.6 is 24.0 Å². The van der Waals surface area contributed by atoms with Crippen LogP contribution < -0.4 is 10.1 Å². The van der Waals surface area contributed by atoms with E-state index >= 15 is 0 Å². The minimum absolute atomic E-state index is 0. The van der Waals surface area contributed by atoms with Crippen LogP contribution in [0.4, 0.5) is 0 Å². The highest BCUT2D eigenvalue weighted by Crippen LogP contribution is 2.26. The van der Waals surface area contributed by atoms with Crippen LogP contribution in [-0.2, 0) is 22.4 Å². The van der Waals surface area contributed by atoms with E-state index in [0.29, 0.717) is 23.9 Å². The smallest absolute Gasteiger partial charge is 0.344 e. The van der Waals surface area contributed by atoms with Gasteiger partial charge in [-0.1, -0.05) is 29.8 Å². The first-order chi connectivity index (χ1) is 14.0. The number of ether oxygens (including phenoxy) is 2. The van der Waals surface area contributed by atoms with Crippen molar-refractivity contribution in [3.8, 4) is 5.75 Å². The molecule has 0 amide bonds. The van der Waals surface area contributed by atoms with Crippen LogP contribution in [0.25, 0.3) is 0 Å². The Morgan fingerprint density at radius 2 is 2.10 bits per heavy atom. The molecular formula is C23H29Cl2NO4. The van der Waals surface area contributed by atoms with Crippen molar-refractivity contribution in [2.75, 3.05) is 19.8 Å². The molecule has 2 unspecified atom stereocenters. The number of aliphatic hydroxyl groups excluding tert-OH is 1. The van der Waals surface area contributed by atoms with Gasteiger partial charge in [0.1, 0.15) is 5.75 Å². The lowest BCUT2D eigenvalue weighted by Crippen LogP contribution is -2.34. The summed E-state index contributed by atoms with van der Waals surface area (Å²) >= 11 is 6.02. The maximum Gasteiger partial charge on any atom is 0.344 e. The molecule has 2 aromatic carbocycles. The molecule has 0 saturated carbocycles. The van der Waals surface area contributed by atoms with E-state index in [1.54, 1.807) is 19.1 Å². The number of hydrogen-bond donors (Lipinski definition) is 2. The lowest BCUT2D eigenvalue weighted by Gasteiger charge is -2.20. The number of benzene rings is 2. The molecule has 0 radical (unpaired) electrons. The molecule has 0 aromatic heterocycles. The van der Waals surface area contributed by atoms with Crippen molar-refractivity contribution in [3.05, 3.63) is 64.2 Å². The predicted molar refractivity (Wildman–Crippen MR) is 121 cm³/mol. The number of aliphatic hydroxyl groups is 1. The Bertz CT molecular complexity index is 831. The summed E-state index contributed by atoms with van der Waals surface area (Å²) in [7, 11) is 0. The summed E-state index contributed by atoms with van der Waals surface area (Å²) in [6, 6.07) is 13.6. The van der Waals surface area contributed by atoms with Crippen molar-refractivity contribution in [2.45, 2.75) is 44.8 Å². The predicted octanol–water partition coefficient (Wildman–Crippen LogP) is 4.27. The second kappa shape index (κ2) is 12.2. The Labute approximate surface area is 189 Å². The van der Waals surface area contributed by atoms with Gasteiger partial charge in [-0.05, 0) is 73.6 Å². The number of rotatable bonds is 8. The van der Waals surface area contributed by atoms with E-state index < -0.39 is 6.10 Å². The summed E-state index contributed by atoms with van der Waals surface area (Å²) < 4.78 is 10.5. The molecule has 164 valence electrons. The first-order valence-electron chi connectivity index (χ1n) is 10.1. The van der Waals surface area contributed by atoms with Crippen molar-refractivity contribution in [3.63, 3.8) is 0 Å². The van der Waals surface area contributed by atoms with Gasteiger partial charge in [-0.15, -0.1) is 12.4 Å². The van der Waals surface area contributed by atoms with Gasteiger partial charge >= 0.3 is 5.97 Å². The zero-order valence-corrected chi connectivity index (χ0v) is 18.7. The van der Waals surface area contributed by atoms with E-state index in [4.69, 9.17) is 21.1 Å². The minimum Gasteiger partial charge on any atom is -0.482 e. The number of hydrogen-bond acceptors (Lipinski definition) is 5. The van der Waals surface area contributed by atoms with Crippen molar-refractivity contribution in [2.24, 2.45) is 0 Å². The Morgan fingerprint density at radius 1 is 1.27 bits per heavy atom. The van der Waals surface area contributed by atoms with E-state index in [9.17, 15) is 9.90 Å². The van der Waals surface area contributed by atoms with Gasteiger partial charge in [0.15, 0.2) is 6.61 Å². The normalized spacial score (nSPS) is 16.6.